The van der Waals surface area contributed by atoms with Crippen molar-refractivity contribution in [3.8, 4) is 11.3 Å². The first kappa shape index (κ1) is 15.4. The quantitative estimate of drug-likeness (QED) is 0.933. The molecule has 112 valence electrons. The van der Waals surface area contributed by atoms with Crippen molar-refractivity contribution in [1.82, 2.24) is 4.57 Å². The van der Waals surface area contributed by atoms with Crippen molar-refractivity contribution in [3.05, 3.63) is 58.1 Å². The number of nitrogens with zero attached hydrogens (tertiary/aromatic N) is 1. The van der Waals surface area contributed by atoms with Crippen LogP contribution in [0.15, 0.2) is 41.2 Å². The van der Waals surface area contributed by atoms with Crippen molar-refractivity contribution in [2.45, 2.75) is 39.3 Å². The zero-order valence-corrected chi connectivity index (χ0v) is 12.6. The van der Waals surface area contributed by atoms with Crippen LogP contribution in [0.1, 0.15) is 44.8 Å². The standard InChI is InChI=1S/C17H21FN2O/c1-4-11(2)20-16(13-5-7-14(18)8-6-13)10-9-15(12(3)19)17(20)21/h5-12H,4,19H2,1-3H3. The number of nitrogens with two attached hydrogens (primary N) is 1. The van der Waals surface area contributed by atoms with E-state index in [1.54, 1.807) is 29.7 Å². The van der Waals surface area contributed by atoms with Crippen LogP contribution >= 0.6 is 0 Å². The molecule has 0 spiro atoms. The molecular formula is C17H21FN2O. The van der Waals surface area contributed by atoms with Gasteiger partial charge in [0, 0.05) is 17.6 Å². The predicted octanol–water partition coefficient (Wildman–Crippen LogP) is 3.65. The van der Waals surface area contributed by atoms with Crippen LogP contribution in [-0.2, 0) is 0 Å². The van der Waals surface area contributed by atoms with E-state index in [0.717, 1.165) is 17.7 Å². The lowest BCUT2D eigenvalue weighted by molar-refractivity contribution is 0.513. The van der Waals surface area contributed by atoms with E-state index in [1.165, 1.54) is 12.1 Å². The summed E-state index contributed by atoms with van der Waals surface area (Å²) < 4.78 is 14.8. The lowest BCUT2D eigenvalue weighted by Crippen LogP contribution is -2.30. The number of rotatable bonds is 4. The fourth-order valence-corrected chi connectivity index (χ4v) is 2.39. The number of benzene rings is 1. The van der Waals surface area contributed by atoms with Gasteiger partial charge in [-0.1, -0.05) is 6.92 Å². The maximum Gasteiger partial charge on any atom is 0.256 e. The van der Waals surface area contributed by atoms with E-state index in [2.05, 4.69) is 0 Å². The zero-order valence-electron chi connectivity index (χ0n) is 12.6. The van der Waals surface area contributed by atoms with Gasteiger partial charge in [-0.2, -0.15) is 0 Å². The van der Waals surface area contributed by atoms with Gasteiger partial charge >= 0.3 is 0 Å². The van der Waals surface area contributed by atoms with Gasteiger partial charge in [0.1, 0.15) is 5.82 Å². The number of hydrogen-bond donors (Lipinski definition) is 1. The van der Waals surface area contributed by atoms with E-state index in [9.17, 15) is 9.18 Å². The van der Waals surface area contributed by atoms with Crippen LogP contribution in [0.4, 0.5) is 4.39 Å². The van der Waals surface area contributed by atoms with Crippen molar-refractivity contribution < 1.29 is 4.39 Å². The molecule has 0 amide bonds. The Bertz CT molecular complexity index is 674. The van der Waals surface area contributed by atoms with Gasteiger partial charge in [0.25, 0.3) is 5.56 Å². The third-order valence-electron chi connectivity index (χ3n) is 3.81. The zero-order chi connectivity index (χ0) is 15.6. The molecule has 0 radical (unpaired) electrons. The summed E-state index contributed by atoms with van der Waals surface area (Å²) in [7, 11) is 0. The summed E-state index contributed by atoms with van der Waals surface area (Å²) in [5, 5.41) is 0. The first-order chi connectivity index (χ1) is 9.95. The average molecular weight is 288 g/mol. The molecule has 21 heavy (non-hydrogen) atoms. The summed E-state index contributed by atoms with van der Waals surface area (Å²) in [4.78, 5) is 12.7. The normalized spacial score (nSPS) is 14.0. The molecule has 0 fully saturated rings. The minimum atomic E-state index is -0.310. The molecule has 3 nitrogen and oxygen atoms in total. The molecule has 2 rings (SSSR count). The second-order valence-electron chi connectivity index (χ2n) is 5.40. The second-order valence-corrected chi connectivity index (χ2v) is 5.40. The van der Waals surface area contributed by atoms with Crippen LogP contribution in [0.25, 0.3) is 11.3 Å². The maximum absolute atomic E-state index is 13.1. The van der Waals surface area contributed by atoms with E-state index in [0.29, 0.717) is 5.56 Å². The van der Waals surface area contributed by atoms with Gasteiger partial charge in [-0.3, -0.25) is 4.79 Å². The van der Waals surface area contributed by atoms with E-state index in [-0.39, 0.29) is 23.5 Å². The Balaban J connectivity index is 2.68. The number of aromatic nitrogens is 1. The summed E-state index contributed by atoms with van der Waals surface area (Å²) in [5.74, 6) is -0.289. The molecule has 2 aromatic rings. The Hall–Kier alpha value is -1.94. The minimum absolute atomic E-state index is 0.0521. The maximum atomic E-state index is 13.1. The molecule has 0 aliphatic carbocycles. The molecule has 1 heterocycles. The summed E-state index contributed by atoms with van der Waals surface area (Å²) >= 11 is 0. The highest BCUT2D eigenvalue weighted by atomic mass is 19.1. The number of halogens is 1. The topological polar surface area (TPSA) is 48.0 Å². The Morgan fingerprint density at radius 1 is 1.14 bits per heavy atom. The monoisotopic (exact) mass is 288 g/mol. The number of pyridine rings is 1. The van der Waals surface area contributed by atoms with Gasteiger partial charge in [-0.05, 0) is 62.2 Å². The molecule has 0 bridgehead atoms. The summed E-state index contributed by atoms with van der Waals surface area (Å²) in [6.45, 7) is 5.83. The van der Waals surface area contributed by atoms with E-state index >= 15 is 0 Å². The summed E-state index contributed by atoms with van der Waals surface area (Å²) in [6, 6.07) is 9.58. The van der Waals surface area contributed by atoms with Gasteiger partial charge < -0.3 is 10.3 Å². The van der Waals surface area contributed by atoms with Crippen molar-refractivity contribution in [2.75, 3.05) is 0 Å². The van der Waals surface area contributed by atoms with Gasteiger partial charge in [-0.25, -0.2) is 4.39 Å². The first-order valence-electron chi connectivity index (χ1n) is 7.22. The molecule has 0 saturated carbocycles. The predicted molar refractivity (Wildman–Crippen MR) is 83.7 cm³/mol. The smallest absolute Gasteiger partial charge is 0.256 e. The molecule has 4 heteroatoms. The fraction of sp³-hybridized carbons (Fsp3) is 0.353. The summed E-state index contributed by atoms with van der Waals surface area (Å²) in [5.41, 5.74) is 8.02. The van der Waals surface area contributed by atoms with Crippen molar-refractivity contribution >= 4 is 0 Å². The van der Waals surface area contributed by atoms with Crippen molar-refractivity contribution in [2.24, 2.45) is 5.73 Å². The Morgan fingerprint density at radius 3 is 2.29 bits per heavy atom. The highest BCUT2D eigenvalue weighted by Gasteiger charge is 2.16. The van der Waals surface area contributed by atoms with Crippen LogP contribution in [0.2, 0.25) is 0 Å². The molecule has 2 atom stereocenters. The van der Waals surface area contributed by atoms with Crippen molar-refractivity contribution in [3.63, 3.8) is 0 Å². The molecule has 1 aromatic carbocycles. The Labute approximate surface area is 124 Å². The number of hydrogen-bond acceptors (Lipinski definition) is 2. The Kier molecular flexibility index (Phi) is 4.58. The van der Waals surface area contributed by atoms with E-state index < -0.39 is 0 Å². The minimum Gasteiger partial charge on any atom is -0.324 e. The molecule has 2 unspecified atom stereocenters. The lowest BCUT2D eigenvalue weighted by atomic mass is 10.1. The summed E-state index contributed by atoms with van der Waals surface area (Å²) in [6.07, 6.45) is 0.830. The van der Waals surface area contributed by atoms with E-state index in [4.69, 9.17) is 5.73 Å². The first-order valence-corrected chi connectivity index (χ1v) is 7.22. The SMILES string of the molecule is CCC(C)n1c(-c2ccc(F)cc2)ccc(C(C)N)c1=O. The largest absolute Gasteiger partial charge is 0.324 e. The van der Waals surface area contributed by atoms with Crippen LogP contribution in [-0.4, -0.2) is 4.57 Å². The van der Waals surface area contributed by atoms with Gasteiger partial charge in [-0.15, -0.1) is 0 Å². The van der Waals surface area contributed by atoms with Crippen LogP contribution in [0, 0.1) is 5.82 Å². The average Bonchev–Trinajstić information content (AvgIpc) is 2.46. The van der Waals surface area contributed by atoms with Crippen molar-refractivity contribution in [1.29, 1.82) is 0 Å². The second kappa shape index (κ2) is 6.22. The molecule has 1 aromatic heterocycles. The van der Waals surface area contributed by atoms with Gasteiger partial charge in [0.05, 0.1) is 5.69 Å². The van der Waals surface area contributed by atoms with Crippen LogP contribution in [0.3, 0.4) is 0 Å². The van der Waals surface area contributed by atoms with Crippen LogP contribution in [0.5, 0.6) is 0 Å². The molecular weight excluding hydrogens is 267 g/mol. The third kappa shape index (κ3) is 3.05. The lowest BCUT2D eigenvalue weighted by Gasteiger charge is -2.21. The molecule has 0 aliphatic rings. The van der Waals surface area contributed by atoms with Gasteiger partial charge in [0.15, 0.2) is 0 Å². The highest BCUT2D eigenvalue weighted by Crippen LogP contribution is 2.24. The molecule has 0 saturated heterocycles. The molecule has 0 aliphatic heterocycles. The van der Waals surface area contributed by atoms with Gasteiger partial charge in [0.2, 0.25) is 0 Å². The van der Waals surface area contributed by atoms with Crippen LogP contribution < -0.4 is 11.3 Å². The molecule has 2 N–H and O–H groups in total. The van der Waals surface area contributed by atoms with E-state index in [1.807, 2.05) is 19.9 Å². The third-order valence-corrected chi connectivity index (χ3v) is 3.81. The fourth-order valence-electron chi connectivity index (χ4n) is 2.39. The Morgan fingerprint density at radius 2 is 1.76 bits per heavy atom. The highest BCUT2D eigenvalue weighted by molar-refractivity contribution is 5.60.